The molecule has 0 spiro atoms. The van der Waals surface area contributed by atoms with E-state index in [0.717, 1.165) is 23.3 Å². The monoisotopic (exact) mass is 292 g/mol. The molecule has 0 saturated carbocycles. The Bertz CT molecular complexity index is 468. The first kappa shape index (κ1) is 16.9. The van der Waals surface area contributed by atoms with Crippen LogP contribution in [-0.4, -0.2) is 21.2 Å². The van der Waals surface area contributed by atoms with Crippen molar-refractivity contribution < 1.29 is 9.32 Å². The fraction of sp³-hybridized carbons (Fsp3) is 0.529. The van der Waals surface area contributed by atoms with E-state index in [9.17, 15) is 9.32 Å². The van der Waals surface area contributed by atoms with E-state index < -0.39 is 16.9 Å². The lowest BCUT2D eigenvalue weighted by Crippen LogP contribution is -2.14. The Morgan fingerprint density at radius 1 is 1.20 bits per heavy atom. The average molecular weight is 292 g/mol. The van der Waals surface area contributed by atoms with Gasteiger partial charge in [-0.1, -0.05) is 49.8 Å². The Kier molecular flexibility index (Phi) is 8.25. The molecule has 0 aliphatic heterocycles. The average Bonchev–Trinajstić information content (AvgIpc) is 2.43. The van der Waals surface area contributed by atoms with E-state index in [1.54, 1.807) is 0 Å². The molecule has 110 valence electrons. The van der Waals surface area contributed by atoms with Crippen LogP contribution in [0.15, 0.2) is 29.2 Å². The Hall–Kier alpha value is -1.11. The van der Waals surface area contributed by atoms with Crippen LogP contribution in [0.4, 0.5) is 0 Å². The van der Waals surface area contributed by atoms with Crippen LogP contribution in [0.25, 0.3) is 0 Å². The van der Waals surface area contributed by atoms with Gasteiger partial charge < -0.3 is 5.11 Å². The molecule has 1 aromatic carbocycles. The molecule has 2 nitrogen and oxygen atoms in total. The summed E-state index contributed by atoms with van der Waals surface area (Å²) in [6, 6.07) is 7.55. The smallest absolute Gasteiger partial charge is 0.126 e. The van der Waals surface area contributed by atoms with Gasteiger partial charge in [0.15, 0.2) is 0 Å². The Morgan fingerprint density at radius 2 is 1.90 bits per heavy atom. The quantitative estimate of drug-likeness (QED) is 0.617. The number of aryl methyl sites for hydroxylation is 1. The van der Waals surface area contributed by atoms with E-state index in [2.05, 4.69) is 18.8 Å². The van der Waals surface area contributed by atoms with Crippen LogP contribution >= 0.6 is 0 Å². The number of benzene rings is 1. The van der Waals surface area contributed by atoms with Crippen molar-refractivity contribution in [2.24, 2.45) is 0 Å². The summed E-state index contributed by atoms with van der Waals surface area (Å²) in [4.78, 5) is 0.749. The molecule has 1 aromatic rings. The van der Waals surface area contributed by atoms with Crippen molar-refractivity contribution in [3.63, 3.8) is 0 Å². The maximum Gasteiger partial charge on any atom is 0.126 e. The third-order valence-electron chi connectivity index (χ3n) is 3.02. The predicted octanol–water partition coefficient (Wildman–Crippen LogP) is 3.44. The summed E-state index contributed by atoms with van der Waals surface area (Å²) in [5.74, 6) is 5.95. The first-order valence-electron chi connectivity index (χ1n) is 7.25. The van der Waals surface area contributed by atoms with Crippen LogP contribution in [0.3, 0.4) is 0 Å². The first-order chi connectivity index (χ1) is 9.63. The van der Waals surface area contributed by atoms with Gasteiger partial charge in [0.1, 0.15) is 6.10 Å². The molecule has 0 amide bonds. The number of unbranched alkanes of at least 4 members (excludes halogenated alkanes) is 4. The molecule has 1 rings (SSSR count). The normalized spacial score (nSPS) is 13.3. The van der Waals surface area contributed by atoms with E-state index in [4.69, 9.17) is 0 Å². The summed E-state index contributed by atoms with van der Waals surface area (Å²) >= 11 is 0. The maximum absolute atomic E-state index is 12.0. The SMILES string of the molecule is CCCCCCC#CC(O)C[S@](=O)c1ccc(C)cc1. The van der Waals surface area contributed by atoms with Gasteiger partial charge in [0, 0.05) is 11.3 Å². The molecule has 0 bridgehead atoms. The molecule has 0 heterocycles. The van der Waals surface area contributed by atoms with Crippen molar-refractivity contribution in [2.75, 3.05) is 5.75 Å². The second-order valence-corrected chi connectivity index (χ2v) is 6.47. The summed E-state index contributed by atoms with van der Waals surface area (Å²) in [5.41, 5.74) is 1.14. The van der Waals surface area contributed by atoms with Crippen LogP contribution in [0, 0.1) is 18.8 Å². The molecule has 1 unspecified atom stereocenters. The molecular weight excluding hydrogens is 268 g/mol. The van der Waals surface area contributed by atoms with Crippen molar-refractivity contribution in [3.8, 4) is 11.8 Å². The van der Waals surface area contributed by atoms with Gasteiger partial charge in [0.25, 0.3) is 0 Å². The zero-order valence-electron chi connectivity index (χ0n) is 12.4. The van der Waals surface area contributed by atoms with Crippen molar-refractivity contribution in [2.45, 2.75) is 57.0 Å². The molecule has 0 saturated heterocycles. The lowest BCUT2D eigenvalue weighted by Gasteiger charge is -2.04. The van der Waals surface area contributed by atoms with Gasteiger partial charge >= 0.3 is 0 Å². The summed E-state index contributed by atoms with van der Waals surface area (Å²) in [6.45, 7) is 4.17. The number of aliphatic hydroxyl groups is 1. The van der Waals surface area contributed by atoms with Gasteiger partial charge in [-0.2, -0.15) is 0 Å². The first-order valence-corrected chi connectivity index (χ1v) is 8.57. The van der Waals surface area contributed by atoms with Crippen molar-refractivity contribution in [3.05, 3.63) is 29.8 Å². The largest absolute Gasteiger partial charge is 0.379 e. The fourth-order valence-corrected chi connectivity index (χ4v) is 2.80. The molecule has 0 aromatic heterocycles. The summed E-state index contributed by atoms with van der Waals surface area (Å²) in [6.07, 6.45) is 4.73. The van der Waals surface area contributed by atoms with Crippen molar-refractivity contribution in [1.82, 2.24) is 0 Å². The topological polar surface area (TPSA) is 37.3 Å². The molecule has 0 aliphatic rings. The van der Waals surface area contributed by atoms with E-state index in [1.165, 1.54) is 19.3 Å². The molecule has 2 atom stereocenters. The highest BCUT2D eigenvalue weighted by atomic mass is 32.2. The minimum Gasteiger partial charge on any atom is -0.379 e. The molecular formula is C17H24O2S. The molecule has 0 aliphatic carbocycles. The second kappa shape index (κ2) is 9.74. The van der Waals surface area contributed by atoms with E-state index in [1.807, 2.05) is 31.2 Å². The van der Waals surface area contributed by atoms with Gasteiger partial charge in [-0.25, -0.2) is 0 Å². The van der Waals surface area contributed by atoms with E-state index >= 15 is 0 Å². The standard InChI is InChI=1S/C17H24O2S/c1-3-4-5-6-7-8-9-16(18)14-20(19)17-12-10-15(2)11-13-17/h10-13,16,18H,3-7,14H2,1-2H3/t16?,20-/m0/s1. The lowest BCUT2D eigenvalue weighted by molar-refractivity contribution is 0.256. The molecule has 20 heavy (non-hydrogen) atoms. The van der Waals surface area contributed by atoms with Crippen LogP contribution < -0.4 is 0 Å². The lowest BCUT2D eigenvalue weighted by atomic mass is 10.1. The molecule has 1 N–H and O–H groups in total. The third-order valence-corrected chi connectivity index (χ3v) is 4.43. The number of hydrogen-bond acceptors (Lipinski definition) is 2. The van der Waals surface area contributed by atoms with Crippen molar-refractivity contribution in [1.29, 1.82) is 0 Å². The van der Waals surface area contributed by atoms with Gasteiger partial charge in [-0.3, -0.25) is 4.21 Å². The maximum atomic E-state index is 12.0. The highest BCUT2D eigenvalue weighted by molar-refractivity contribution is 7.85. The van der Waals surface area contributed by atoms with Crippen molar-refractivity contribution >= 4 is 10.8 Å². The zero-order chi connectivity index (χ0) is 14.8. The minimum absolute atomic E-state index is 0.186. The van der Waals surface area contributed by atoms with E-state index in [-0.39, 0.29) is 5.75 Å². The highest BCUT2D eigenvalue weighted by Gasteiger charge is 2.08. The minimum atomic E-state index is -1.18. The third kappa shape index (κ3) is 6.88. The molecule has 0 radical (unpaired) electrons. The zero-order valence-corrected chi connectivity index (χ0v) is 13.2. The van der Waals surface area contributed by atoms with Gasteiger partial charge in [0.2, 0.25) is 0 Å². The van der Waals surface area contributed by atoms with Gasteiger partial charge in [-0.15, -0.1) is 5.92 Å². The summed E-state index contributed by atoms with van der Waals surface area (Å²) < 4.78 is 12.0. The Labute approximate surface area is 125 Å². The van der Waals surface area contributed by atoms with Crippen LogP contribution in [-0.2, 0) is 10.8 Å². The van der Waals surface area contributed by atoms with Gasteiger partial charge in [-0.05, 0) is 25.5 Å². The number of hydrogen-bond donors (Lipinski definition) is 1. The fourth-order valence-electron chi connectivity index (χ4n) is 1.80. The van der Waals surface area contributed by atoms with Crippen LogP contribution in [0.2, 0.25) is 0 Å². The highest BCUT2D eigenvalue weighted by Crippen LogP contribution is 2.09. The van der Waals surface area contributed by atoms with E-state index in [0.29, 0.717) is 0 Å². The number of rotatable bonds is 7. The molecule has 0 fully saturated rings. The summed E-state index contributed by atoms with van der Waals surface area (Å²) in [5, 5.41) is 9.77. The number of aliphatic hydroxyl groups excluding tert-OH is 1. The van der Waals surface area contributed by atoms with Gasteiger partial charge in [0.05, 0.1) is 16.6 Å². The summed E-state index contributed by atoms with van der Waals surface area (Å²) in [7, 11) is -1.18. The second-order valence-electron chi connectivity index (χ2n) is 4.97. The Balaban J connectivity index is 2.34. The predicted molar refractivity (Wildman–Crippen MR) is 85.0 cm³/mol. The van der Waals surface area contributed by atoms with Crippen LogP contribution in [0.5, 0.6) is 0 Å². The molecule has 3 heteroatoms. The van der Waals surface area contributed by atoms with Crippen LogP contribution in [0.1, 0.15) is 44.6 Å². The Morgan fingerprint density at radius 3 is 2.55 bits per heavy atom.